The molecule has 158 valence electrons. The van der Waals surface area contributed by atoms with Crippen LogP contribution in [0.15, 0.2) is 72.9 Å². The van der Waals surface area contributed by atoms with Gasteiger partial charge >= 0.3 is 0 Å². The summed E-state index contributed by atoms with van der Waals surface area (Å²) in [6.07, 6.45) is 1.74. The Morgan fingerprint density at radius 1 is 0.875 bits per heavy atom. The summed E-state index contributed by atoms with van der Waals surface area (Å²) in [5.41, 5.74) is 4.87. The topological polar surface area (TPSA) is 53.7 Å². The zero-order chi connectivity index (χ0) is 21.9. The van der Waals surface area contributed by atoms with Gasteiger partial charge in [-0.1, -0.05) is 36.3 Å². The van der Waals surface area contributed by atoms with E-state index in [0.29, 0.717) is 5.56 Å². The van der Waals surface area contributed by atoms with Gasteiger partial charge in [0, 0.05) is 42.9 Å². The van der Waals surface area contributed by atoms with E-state index in [0.717, 1.165) is 54.3 Å². The summed E-state index contributed by atoms with van der Waals surface area (Å²) in [5.74, 6) is 6.40. The summed E-state index contributed by atoms with van der Waals surface area (Å²) in [7, 11) is 2.08. The summed E-state index contributed by atoms with van der Waals surface area (Å²) in [4.78, 5) is 21.4. The molecule has 1 amide bonds. The van der Waals surface area contributed by atoms with Crippen molar-refractivity contribution in [3.05, 3.63) is 89.7 Å². The molecule has 1 aliphatic heterocycles. The molecule has 0 radical (unpaired) electrons. The van der Waals surface area contributed by atoms with Crippen LogP contribution in [0.5, 0.6) is 0 Å². The van der Waals surface area contributed by atoms with Crippen LogP contribution in [0.2, 0.25) is 0 Å². The molecule has 2 aromatic heterocycles. The molecule has 0 bridgehead atoms. The van der Waals surface area contributed by atoms with Crippen LogP contribution in [0.1, 0.15) is 21.6 Å². The Morgan fingerprint density at radius 3 is 2.38 bits per heavy atom. The highest BCUT2D eigenvalue weighted by Crippen LogP contribution is 2.19. The smallest absolute Gasteiger partial charge is 0.253 e. The number of fused-ring (bicyclic) bond motifs is 1. The van der Waals surface area contributed by atoms with Gasteiger partial charge in [0.2, 0.25) is 0 Å². The summed E-state index contributed by atoms with van der Waals surface area (Å²) >= 11 is 0. The number of carbonyl (C=O) groups excluding carboxylic acids is 1. The van der Waals surface area contributed by atoms with Crippen molar-refractivity contribution in [3.63, 3.8) is 0 Å². The highest BCUT2D eigenvalue weighted by atomic mass is 16.2. The van der Waals surface area contributed by atoms with E-state index in [2.05, 4.69) is 28.8 Å². The predicted molar refractivity (Wildman–Crippen MR) is 124 cm³/mol. The van der Waals surface area contributed by atoms with Gasteiger partial charge in [-0.05, 0) is 49.4 Å². The first-order valence-electron chi connectivity index (χ1n) is 10.7. The molecular formula is C26H23N5O. The second kappa shape index (κ2) is 8.66. The van der Waals surface area contributed by atoms with Gasteiger partial charge < -0.3 is 9.80 Å². The highest BCUT2D eigenvalue weighted by Gasteiger charge is 2.20. The molecule has 3 heterocycles. The number of carbonyl (C=O) groups is 1. The lowest BCUT2D eigenvalue weighted by Gasteiger charge is -2.32. The normalized spacial score (nSPS) is 14.2. The van der Waals surface area contributed by atoms with E-state index in [1.54, 1.807) is 10.7 Å². The van der Waals surface area contributed by atoms with Gasteiger partial charge in [-0.25, -0.2) is 9.50 Å². The average molecular weight is 422 g/mol. The van der Waals surface area contributed by atoms with Gasteiger partial charge in [-0.3, -0.25) is 4.79 Å². The number of benzene rings is 2. The standard InChI is InChI=1S/C26H23N5O/c1-29-15-17-30(18-16-29)26(32)22-10-8-21(9-11-22)24-13-14-25-27-19-23(31(25)28-24)12-7-20-5-3-2-4-6-20/h2-6,8-11,13-14,19H,15-18H2,1H3. The van der Waals surface area contributed by atoms with Crippen molar-refractivity contribution >= 4 is 11.6 Å². The molecule has 6 nitrogen and oxygen atoms in total. The molecule has 0 N–H and O–H groups in total. The fourth-order valence-corrected chi connectivity index (χ4v) is 3.75. The van der Waals surface area contributed by atoms with E-state index >= 15 is 0 Å². The Bertz CT molecular complexity index is 1310. The minimum absolute atomic E-state index is 0.0844. The second-order valence-electron chi connectivity index (χ2n) is 7.92. The molecule has 1 aliphatic rings. The number of rotatable bonds is 2. The number of hydrogen-bond donors (Lipinski definition) is 0. The zero-order valence-corrected chi connectivity index (χ0v) is 17.9. The Kier molecular flexibility index (Phi) is 5.40. The Labute approximate surface area is 187 Å². The van der Waals surface area contributed by atoms with Gasteiger partial charge in [-0.15, -0.1) is 0 Å². The van der Waals surface area contributed by atoms with Crippen LogP contribution in [0.25, 0.3) is 16.9 Å². The van der Waals surface area contributed by atoms with E-state index in [1.807, 2.05) is 71.6 Å². The summed E-state index contributed by atoms with van der Waals surface area (Å²) in [5, 5.41) is 4.74. The minimum Gasteiger partial charge on any atom is -0.336 e. The molecule has 0 spiro atoms. The molecule has 0 unspecified atom stereocenters. The fraction of sp³-hybridized carbons (Fsp3) is 0.192. The van der Waals surface area contributed by atoms with Gasteiger partial charge in [0.05, 0.1) is 11.9 Å². The summed E-state index contributed by atoms with van der Waals surface area (Å²) in [6, 6.07) is 21.4. The van der Waals surface area contributed by atoms with E-state index in [4.69, 9.17) is 5.10 Å². The zero-order valence-electron chi connectivity index (χ0n) is 17.9. The summed E-state index contributed by atoms with van der Waals surface area (Å²) < 4.78 is 1.76. The van der Waals surface area contributed by atoms with Crippen LogP contribution in [-0.2, 0) is 0 Å². The number of likely N-dealkylation sites (N-methyl/N-ethyl adjacent to an activating group) is 1. The van der Waals surface area contributed by atoms with Gasteiger partial charge in [0.15, 0.2) is 5.65 Å². The number of hydrogen-bond acceptors (Lipinski definition) is 4. The monoisotopic (exact) mass is 421 g/mol. The van der Waals surface area contributed by atoms with E-state index in [9.17, 15) is 4.79 Å². The predicted octanol–water partition coefficient (Wildman–Crippen LogP) is 3.18. The minimum atomic E-state index is 0.0844. The van der Waals surface area contributed by atoms with Crippen molar-refractivity contribution in [1.82, 2.24) is 24.4 Å². The number of amides is 1. The molecule has 1 fully saturated rings. The van der Waals surface area contributed by atoms with Crippen molar-refractivity contribution in [2.75, 3.05) is 33.2 Å². The largest absolute Gasteiger partial charge is 0.336 e. The van der Waals surface area contributed by atoms with Gasteiger partial charge in [0.25, 0.3) is 5.91 Å². The first-order valence-corrected chi connectivity index (χ1v) is 10.7. The van der Waals surface area contributed by atoms with E-state index < -0.39 is 0 Å². The van der Waals surface area contributed by atoms with Crippen molar-refractivity contribution in [2.45, 2.75) is 0 Å². The molecular weight excluding hydrogens is 398 g/mol. The molecule has 0 atom stereocenters. The van der Waals surface area contributed by atoms with E-state index in [-0.39, 0.29) is 5.91 Å². The first kappa shape index (κ1) is 20.0. The molecule has 2 aromatic carbocycles. The maximum atomic E-state index is 12.8. The van der Waals surface area contributed by atoms with Gasteiger partial charge in [0.1, 0.15) is 5.69 Å². The van der Waals surface area contributed by atoms with Crippen molar-refractivity contribution in [3.8, 4) is 23.1 Å². The number of aromatic nitrogens is 3. The lowest BCUT2D eigenvalue weighted by atomic mass is 10.1. The SMILES string of the molecule is CN1CCN(C(=O)c2ccc(-c3ccc4ncc(C#Cc5ccccc5)n4n3)cc2)CC1. The quantitative estimate of drug-likeness (QED) is 0.467. The highest BCUT2D eigenvalue weighted by molar-refractivity contribution is 5.94. The lowest BCUT2D eigenvalue weighted by Crippen LogP contribution is -2.47. The van der Waals surface area contributed by atoms with Crippen LogP contribution in [0.3, 0.4) is 0 Å². The fourth-order valence-electron chi connectivity index (χ4n) is 3.75. The van der Waals surface area contributed by atoms with Crippen molar-refractivity contribution in [2.24, 2.45) is 0 Å². The third kappa shape index (κ3) is 4.11. The first-order chi connectivity index (χ1) is 15.7. The van der Waals surface area contributed by atoms with Crippen molar-refractivity contribution < 1.29 is 4.79 Å². The lowest BCUT2D eigenvalue weighted by molar-refractivity contribution is 0.0664. The van der Waals surface area contributed by atoms with Crippen LogP contribution < -0.4 is 0 Å². The van der Waals surface area contributed by atoms with Crippen LogP contribution in [-0.4, -0.2) is 63.5 Å². The average Bonchev–Trinajstić information content (AvgIpc) is 3.26. The maximum Gasteiger partial charge on any atom is 0.253 e. The number of nitrogens with zero attached hydrogens (tertiary/aromatic N) is 5. The van der Waals surface area contributed by atoms with Crippen LogP contribution in [0, 0.1) is 11.8 Å². The van der Waals surface area contributed by atoms with Crippen molar-refractivity contribution in [1.29, 1.82) is 0 Å². The van der Waals surface area contributed by atoms with E-state index in [1.165, 1.54) is 0 Å². The molecule has 4 aromatic rings. The molecule has 32 heavy (non-hydrogen) atoms. The molecule has 0 aliphatic carbocycles. The number of imidazole rings is 1. The second-order valence-corrected chi connectivity index (χ2v) is 7.92. The maximum absolute atomic E-state index is 12.8. The van der Waals surface area contributed by atoms with Crippen LogP contribution >= 0.6 is 0 Å². The van der Waals surface area contributed by atoms with Gasteiger partial charge in [-0.2, -0.15) is 5.10 Å². The van der Waals surface area contributed by atoms with Crippen LogP contribution in [0.4, 0.5) is 0 Å². The molecule has 6 heteroatoms. The Balaban J connectivity index is 1.39. The Hall–Kier alpha value is -3.95. The molecule has 0 saturated carbocycles. The third-order valence-electron chi connectivity index (χ3n) is 5.69. The summed E-state index contributed by atoms with van der Waals surface area (Å²) in [6.45, 7) is 3.35. The third-order valence-corrected chi connectivity index (χ3v) is 5.69. The molecule has 5 rings (SSSR count). The number of piperazine rings is 1. The molecule has 1 saturated heterocycles. The Morgan fingerprint density at radius 2 is 1.62 bits per heavy atom.